The molecule has 0 atom stereocenters. The number of thiophene rings is 1. The van der Waals surface area contributed by atoms with Gasteiger partial charge in [0.2, 0.25) is 0 Å². The molecule has 1 N–H and O–H groups in total. The summed E-state index contributed by atoms with van der Waals surface area (Å²) in [5.74, 6) is 0. The Morgan fingerprint density at radius 2 is 2.07 bits per heavy atom. The maximum absolute atomic E-state index is 13.2. The van der Waals surface area contributed by atoms with Crippen LogP contribution in [0.2, 0.25) is 10.0 Å². The molecule has 0 fully saturated rings. The van der Waals surface area contributed by atoms with E-state index in [-0.39, 0.29) is 11.1 Å². The van der Waals surface area contributed by atoms with Crippen molar-refractivity contribution in [1.82, 2.24) is 14.5 Å². The Hall–Kier alpha value is -2.29. The van der Waals surface area contributed by atoms with Crippen LogP contribution in [0.4, 0.5) is 4.79 Å². The van der Waals surface area contributed by atoms with E-state index in [1.165, 1.54) is 23.5 Å². The van der Waals surface area contributed by atoms with Gasteiger partial charge >= 0.3 is 11.8 Å². The first-order chi connectivity index (χ1) is 13.4. The van der Waals surface area contributed by atoms with Gasteiger partial charge in [-0.15, -0.1) is 11.3 Å². The summed E-state index contributed by atoms with van der Waals surface area (Å²) in [6.07, 6.45) is 0.129. The van der Waals surface area contributed by atoms with Gasteiger partial charge in [-0.2, -0.15) is 0 Å². The second kappa shape index (κ2) is 7.27. The van der Waals surface area contributed by atoms with E-state index in [1.807, 2.05) is 0 Å². The Kier molecular flexibility index (Phi) is 4.95. The summed E-state index contributed by atoms with van der Waals surface area (Å²) < 4.78 is 6.11. The number of H-pyrrole nitrogens is 1. The van der Waals surface area contributed by atoms with Gasteiger partial charge in [0.15, 0.2) is 0 Å². The number of carbonyl (C=O) groups excluding carboxylic acids is 1. The summed E-state index contributed by atoms with van der Waals surface area (Å²) in [6, 6.07) is 4.58. The number of nitrogens with one attached hydrogen (secondary N) is 1. The molecule has 0 aliphatic carbocycles. The molecule has 2 aromatic heterocycles. The highest BCUT2D eigenvalue weighted by atomic mass is 35.5. The molecular formula is C18H15Cl2N3O4S. The highest BCUT2D eigenvalue weighted by Gasteiger charge is 2.27. The predicted molar refractivity (Wildman–Crippen MR) is 109 cm³/mol. The fourth-order valence-electron chi connectivity index (χ4n) is 3.30. The van der Waals surface area contributed by atoms with Crippen LogP contribution in [0.1, 0.15) is 17.4 Å². The van der Waals surface area contributed by atoms with Gasteiger partial charge in [0, 0.05) is 11.4 Å². The first kappa shape index (κ1) is 19.0. The quantitative estimate of drug-likeness (QED) is 0.661. The maximum atomic E-state index is 13.2. The van der Waals surface area contributed by atoms with Gasteiger partial charge in [-0.05, 0) is 37.1 Å². The standard InChI is InChI=1S/C18H15Cl2N3O4S/c1-2-27-18(26)22-6-5-10-13(8-22)28-15-14(10)16(24)23(17(25)21-15)9-3-4-11(19)12(20)7-9/h3-4,7H,2,5-6,8H2,1H3,(H,21,25). The fraction of sp³-hybridized carbons (Fsp3) is 0.278. The normalized spacial score (nSPS) is 13.6. The first-order valence-corrected chi connectivity index (χ1v) is 10.1. The average molecular weight is 440 g/mol. The minimum atomic E-state index is -0.559. The van der Waals surface area contributed by atoms with Crippen molar-refractivity contribution >= 4 is 50.8 Å². The van der Waals surface area contributed by atoms with Crippen LogP contribution in [0.5, 0.6) is 0 Å². The smallest absolute Gasteiger partial charge is 0.410 e. The lowest BCUT2D eigenvalue weighted by molar-refractivity contribution is 0.103. The van der Waals surface area contributed by atoms with Crippen LogP contribution in [0.3, 0.4) is 0 Å². The van der Waals surface area contributed by atoms with Crippen molar-refractivity contribution in [2.45, 2.75) is 19.9 Å². The van der Waals surface area contributed by atoms with Gasteiger partial charge < -0.3 is 9.64 Å². The second-order valence-corrected chi connectivity index (χ2v) is 8.17. The molecular weight excluding hydrogens is 425 g/mol. The zero-order valence-electron chi connectivity index (χ0n) is 14.8. The van der Waals surface area contributed by atoms with E-state index in [0.29, 0.717) is 47.0 Å². The molecule has 0 bridgehead atoms. The van der Waals surface area contributed by atoms with E-state index in [2.05, 4.69) is 4.98 Å². The third-order valence-corrected chi connectivity index (χ3v) is 6.46. The number of carbonyl (C=O) groups is 1. The number of ether oxygens (including phenoxy) is 1. The lowest BCUT2D eigenvalue weighted by atomic mass is 10.1. The number of aromatic amines is 1. The number of hydrogen-bond donors (Lipinski definition) is 1. The van der Waals surface area contributed by atoms with E-state index >= 15 is 0 Å². The Bertz CT molecular complexity index is 1210. The van der Waals surface area contributed by atoms with Crippen LogP contribution in [-0.4, -0.2) is 33.7 Å². The highest BCUT2D eigenvalue weighted by Crippen LogP contribution is 2.32. The summed E-state index contributed by atoms with van der Waals surface area (Å²) in [6.45, 7) is 2.85. The Balaban J connectivity index is 1.84. The molecule has 1 amide bonds. The van der Waals surface area contributed by atoms with Crippen LogP contribution in [0.15, 0.2) is 27.8 Å². The van der Waals surface area contributed by atoms with Gasteiger partial charge in [-0.25, -0.2) is 14.2 Å². The van der Waals surface area contributed by atoms with E-state index in [9.17, 15) is 14.4 Å². The molecule has 4 rings (SSSR count). The number of fused-ring (bicyclic) bond motifs is 3. The summed E-state index contributed by atoms with van der Waals surface area (Å²) >= 11 is 13.3. The van der Waals surface area contributed by atoms with Gasteiger partial charge in [0.05, 0.1) is 34.3 Å². The average Bonchev–Trinajstić information content (AvgIpc) is 3.02. The molecule has 0 saturated carbocycles. The molecule has 28 heavy (non-hydrogen) atoms. The lowest BCUT2D eigenvalue weighted by Gasteiger charge is -2.25. The maximum Gasteiger partial charge on any atom is 0.410 e. The number of nitrogens with zero attached hydrogens (tertiary/aromatic N) is 2. The molecule has 0 spiro atoms. The molecule has 10 heteroatoms. The van der Waals surface area contributed by atoms with Crippen LogP contribution >= 0.6 is 34.5 Å². The van der Waals surface area contributed by atoms with Crippen molar-refractivity contribution in [2.75, 3.05) is 13.2 Å². The molecule has 1 aliphatic rings. The second-order valence-electron chi connectivity index (χ2n) is 6.25. The van der Waals surface area contributed by atoms with Gasteiger partial charge in [0.1, 0.15) is 4.83 Å². The topological polar surface area (TPSA) is 84.4 Å². The van der Waals surface area contributed by atoms with Crippen molar-refractivity contribution in [3.05, 3.63) is 59.5 Å². The minimum absolute atomic E-state index is 0.253. The molecule has 3 heterocycles. The monoisotopic (exact) mass is 439 g/mol. The van der Waals surface area contributed by atoms with Crippen molar-refractivity contribution in [2.24, 2.45) is 0 Å². The number of hydrogen-bond acceptors (Lipinski definition) is 5. The van der Waals surface area contributed by atoms with Crippen LogP contribution in [-0.2, 0) is 17.7 Å². The van der Waals surface area contributed by atoms with Gasteiger partial charge in [-0.3, -0.25) is 9.78 Å². The van der Waals surface area contributed by atoms with Crippen LogP contribution in [0, 0.1) is 0 Å². The summed E-state index contributed by atoms with van der Waals surface area (Å²) in [5, 5.41) is 1.06. The SMILES string of the molecule is CCOC(=O)N1CCc2c(sc3[nH]c(=O)n(-c4ccc(Cl)c(Cl)c4)c(=O)c23)C1. The fourth-order valence-corrected chi connectivity index (χ4v) is 4.84. The Labute approximate surface area is 173 Å². The number of rotatable bonds is 2. The molecule has 3 aromatic rings. The molecule has 1 aromatic carbocycles. The van der Waals surface area contributed by atoms with Crippen molar-refractivity contribution < 1.29 is 9.53 Å². The Morgan fingerprint density at radius 1 is 1.29 bits per heavy atom. The largest absolute Gasteiger partial charge is 0.450 e. The van der Waals surface area contributed by atoms with E-state index in [1.54, 1.807) is 17.9 Å². The number of amides is 1. The lowest BCUT2D eigenvalue weighted by Crippen LogP contribution is -2.37. The number of benzene rings is 1. The predicted octanol–water partition coefficient (Wildman–Crippen LogP) is 3.56. The molecule has 0 saturated heterocycles. The zero-order valence-corrected chi connectivity index (χ0v) is 17.1. The van der Waals surface area contributed by atoms with Crippen molar-refractivity contribution in [3.8, 4) is 5.69 Å². The molecule has 1 aliphatic heterocycles. The zero-order chi connectivity index (χ0) is 20.0. The Morgan fingerprint density at radius 3 is 2.79 bits per heavy atom. The first-order valence-electron chi connectivity index (χ1n) is 8.57. The highest BCUT2D eigenvalue weighted by molar-refractivity contribution is 7.18. The van der Waals surface area contributed by atoms with Crippen LogP contribution in [0.25, 0.3) is 15.9 Å². The molecule has 146 valence electrons. The number of aromatic nitrogens is 2. The molecule has 0 radical (unpaired) electrons. The van der Waals surface area contributed by atoms with Gasteiger partial charge in [0.25, 0.3) is 5.56 Å². The number of halogens is 2. The van der Waals surface area contributed by atoms with Gasteiger partial charge in [-0.1, -0.05) is 23.2 Å². The minimum Gasteiger partial charge on any atom is -0.450 e. The molecule has 0 unspecified atom stereocenters. The third kappa shape index (κ3) is 3.11. The molecule has 7 nitrogen and oxygen atoms in total. The van der Waals surface area contributed by atoms with E-state index in [0.717, 1.165) is 15.0 Å². The van der Waals surface area contributed by atoms with Crippen molar-refractivity contribution in [1.29, 1.82) is 0 Å². The summed E-state index contributed by atoms with van der Waals surface area (Å²) in [4.78, 5) is 43.5. The third-order valence-electron chi connectivity index (χ3n) is 4.58. The van der Waals surface area contributed by atoms with E-state index in [4.69, 9.17) is 27.9 Å². The van der Waals surface area contributed by atoms with Crippen LogP contribution < -0.4 is 11.2 Å². The van der Waals surface area contributed by atoms with Crippen molar-refractivity contribution in [3.63, 3.8) is 0 Å². The summed E-state index contributed by atoms with van der Waals surface area (Å²) in [5.41, 5.74) is 0.220. The van der Waals surface area contributed by atoms with E-state index < -0.39 is 11.2 Å². The summed E-state index contributed by atoms with van der Waals surface area (Å²) in [7, 11) is 0.